The van der Waals surface area contributed by atoms with Crippen molar-refractivity contribution in [2.75, 3.05) is 18.5 Å². The number of halogens is 1. The number of fused-ring (bicyclic) bond motifs is 2. The minimum Gasteiger partial charge on any atom is -0.486 e. The average molecular weight is 470 g/mol. The van der Waals surface area contributed by atoms with E-state index in [4.69, 9.17) is 21.1 Å². The summed E-state index contributed by atoms with van der Waals surface area (Å²) in [5, 5.41) is 4.08. The number of ether oxygens (including phenoxy) is 2. The van der Waals surface area contributed by atoms with Crippen LogP contribution in [0.25, 0.3) is 0 Å². The first-order chi connectivity index (χ1) is 15.5. The van der Waals surface area contributed by atoms with Crippen molar-refractivity contribution in [1.29, 1.82) is 0 Å². The number of aromatic nitrogens is 2. The Labute approximate surface area is 193 Å². The van der Waals surface area contributed by atoms with Gasteiger partial charge in [-0.05, 0) is 35.4 Å². The number of nitrogens with one attached hydrogen (secondary N) is 1. The molecule has 3 aromatic rings. The van der Waals surface area contributed by atoms with Crippen LogP contribution >= 0.6 is 23.4 Å². The van der Waals surface area contributed by atoms with Crippen LogP contribution in [0, 0.1) is 0 Å². The van der Waals surface area contributed by atoms with Crippen molar-refractivity contribution in [2.24, 2.45) is 7.05 Å². The molecule has 1 N–H and O–H groups in total. The van der Waals surface area contributed by atoms with Crippen molar-refractivity contribution >= 4 is 35.1 Å². The maximum Gasteiger partial charge on any atom is 0.279 e. The van der Waals surface area contributed by atoms with Crippen molar-refractivity contribution in [1.82, 2.24) is 9.55 Å². The number of hydrogen-bond acceptors (Lipinski definition) is 6. The Morgan fingerprint density at radius 2 is 1.88 bits per heavy atom. The quantitative estimate of drug-likeness (QED) is 0.460. The van der Waals surface area contributed by atoms with Gasteiger partial charge in [0.15, 0.2) is 16.7 Å². The third-order valence-corrected chi connectivity index (χ3v) is 6.90. The number of thioether (sulfide) groups is 1. The Kier molecular flexibility index (Phi) is 5.57. The van der Waals surface area contributed by atoms with Gasteiger partial charge >= 0.3 is 0 Å². The van der Waals surface area contributed by atoms with Gasteiger partial charge in [-0.3, -0.25) is 9.59 Å². The molecule has 0 bridgehead atoms. The van der Waals surface area contributed by atoms with Crippen molar-refractivity contribution in [3.05, 3.63) is 74.5 Å². The lowest BCUT2D eigenvalue weighted by Gasteiger charge is -2.28. The van der Waals surface area contributed by atoms with E-state index in [0.717, 1.165) is 11.1 Å². The van der Waals surface area contributed by atoms with Gasteiger partial charge in [0.2, 0.25) is 5.91 Å². The molecular formula is C23H20ClN3O4S. The summed E-state index contributed by atoms with van der Waals surface area (Å²) in [5.74, 6) is 1.85. The second-order valence-corrected chi connectivity index (χ2v) is 9.02. The Bertz CT molecular complexity index is 1260. The van der Waals surface area contributed by atoms with E-state index < -0.39 is 5.92 Å². The fourth-order valence-electron chi connectivity index (χ4n) is 3.95. The van der Waals surface area contributed by atoms with E-state index in [-0.39, 0.29) is 17.9 Å². The minimum atomic E-state index is -0.406. The number of amides is 1. The molecule has 0 radical (unpaired) electrons. The number of carbonyl (C=O) groups is 1. The van der Waals surface area contributed by atoms with Crippen LogP contribution in [0.5, 0.6) is 11.5 Å². The lowest BCUT2D eigenvalue weighted by molar-refractivity contribution is -0.116. The first kappa shape index (κ1) is 20.9. The molecule has 0 spiro atoms. The van der Waals surface area contributed by atoms with E-state index in [9.17, 15) is 9.59 Å². The molecule has 2 aliphatic rings. The van der Waals surface area contributed by atoms with E-state index in [1.54, 1.807) is 4.57 Å². The fraction of sp³-hybridized carbons (Fsp3) is 0.261. The molecule has 9 heteroatoms. The Morgan fingerprint density at radius 3 is 2.66 bits per heavy atom. The third-order valence-electron chi connectivity index (χ3n) is 5.55. The molecule has 2 aliphatic heterocycles. The van der Waals surface area contributed by atoms with Crippen LogP contribution < -0.4 is 20.3 Å². The van der Waals surface area contributed by atoms with E-state index in [1.807, 2.05) is 49.5 Å². The summed E-state index contributed by atoms with van der Waals surface area (Å²) in [4.78, 5) is 30.0. The topological polar surface area (TPSA) is 82.5 Å². The van der Waals surface area contributed by atoms with Crippen molar-refractivity contribution in [2.45, 2.75) is 23.2 Å². The predicted octanol–water partition coefficient (Wildman–Crippen LogP) is 3.97. The molecule has 32 heavy (non-hydrogen) atoms. The third kappa shape index (κ3) is 3.96. The normalized spacial score (nSPS) is 16.9. The maximum absolute atomic E-state index is 13.1. The van der Waals surface area contributed by atoms with Crippen LogP contribution in [0.3, 0.4) is 0 Å². The molecule has 1 unspecified atom stereocenters. The average Bonchev–Trinajstić information content (AvgIpc) is 2.80. The van der Waals surface area contributed by atoms with Crippen LogP contribution in [0.15, 0.2) is 52.4 Å². The standard InChI is InChI=1S/C23H20ClN3O4S/c1-27-21-20(22(29)26-23(27)32-12-13-2-5-15(24)6-3-13)16(11-19(28)25-21)14-4-7-17-18(10-14)31-9-8-30-17/h2-7,10,16H,8-9,11-12H2,1H3,(H,25,28). The van der Waals surface area contributed by atoms with Gasteiger partial charge in [0.1, 0.15) is 19.0 Å². The maximum atomic E-state index is 13.1. The van der Waals surface area contributed by atoms with Gasteiger partial charge < -0.3 is 19.4 Å². The highest BCUT2D eigenvalue weighted by Gasteiger charge is 2.32. The Morgan fingerprint density at radius 1 is 1.12 bits per heavy atom. The van der Waals surface area contributed by atoms with Gasteiger partial charge in [-0.15, -0.1) is 0 Å². The van der Waals surface area contributed by atoms with Gasteiger partial charge in [-0.25, -0.2) is 0 Å². The smallest absolute Gasteiger partial charge is 0.279 e. The van der Waals surface area contributed by atoms with Gasteiger partial charge in [-0.2, -0.15) is 4.98 Å². The number of hydrogen-bond donors (Lipinski definition) is 1. The molecule has 1 aromatic heterocycles. The predicted molar refractivity (Wildman–Crippen MR) is 123 cm³/mol. The molecule has 7 nitrogen and oxygen atoms in total. The molecule has 0 saturated heterocycles. The van der Waals surface area contributed by atoms with Crippen molar-refractivity contribution in [3.63, 3.8) is 0 Å². The zero-order chi connectivity index (χ0) is 22.2. The van der Waals surface area contributed by atoms with Crippen LogP contribution in [0.1, 0.15) is 29.0 Å². The van der Waals surface area contributed by atoms with E-state index in [0.29, 0.717) is 52.0 Å². The van der Waals surface area contributed by atoms with Gasteiger partial charge in [0.25, 0.3) is 5.56 Å². The van der Waals surface area contributed by atoms with Crippen LogP contribution in [-0.2, 0) is 17.6 Å². The number of nitrogens with zero attached hydrogens (tertiary/aromatic N) is 2. The molecule has 1 amide bonds. The largest absolute Gasteiger partial charge is 0.486 e. The summed E-state index contributed by atoms with van der Waals surface area (Å²) in [6.07, 6.45) is 0.167. The first-order valence-electron chi connectivity index (χ1n) is 10.2. The molecule has 0 saturated carbocycles. The highest BCUT2D eigenvalue weighted by atomic mass is 35.5. The lowest BCUT2D eigenvalue weighted by atomic mass is 9.86. The van der Waals surface area contributed by atoms with Gasteiger partial charge in [0, 0.05) is 30.2 Å². The first-order valence-corrected chi connectivity index (χ1v) is 11.5. The molecule has 1 atom stereocenters. The second-order valence-electron chi connectivity index (χ2n) is 7.64. The van der Waals surface area contributed by atoms with E-state index in [2.05, 4.69) is 10.3 Å². The van der Waals surface area contributed by atoms with Crippen LogP contribution in [0.4, 0.5) is 5.82 Å². The van der Waals surface area contributed by atoms with E-state index >= 15 is 0 Å². The number of rotatable bonds is 4. The molecule has 0 fully saturated rings. The second kappa shape index (κ2) is 8.52. The molecular weight excluding hydrogens is 450 g/mol. The molecule has 164 valence electrons. The minimum absolute atomic E-state index is 0.146. The summed E-state index contributed by atoms with van der Waals surface area (Å²) in [6.45, 7) is 0.970. The summed E-state index contributed by atoms with van der Waals surface area (Å²) in [7, 11) is 1.81. The van der Waals surface area contributed by atoms with Crippen molar-refractivity contribution < 1.29 is 14.3 Å². The molecule has 3 heterocycles. The molecule has 2 aromatic carbocycles. The van der Waals surface area contributed by atoms with Gasteiger partial charge in [0.05, 0.1) is 5.56 Å². The van der Waals surface area contributed by atoms with Crippen molar-refractivity contribution in [3.8, 4) is 11.5 Å². The number of carbonyl (C=O) groups excluding carboxylic acids is 1. The highest BCUT2D eigenvalue weighted by Crippen LogP contribution is 2.40. The molecule has 5 rings (SSSR count). The number of anilines is 1. The van der Waals surface area contributed by atoms with E-state index in [1.165, 1.54) is 11.8 Å². The van der Waals surface area contributed by atoms with Crippen LogP contribution in [0.2, 0.25) is 5.02 Å². The Hall–Kier alpha value is -2.97. The SMILES string of the molecule is Cn1c(SCc2ccc(Cl)cc2)nc(=O)c2c1NC(=O)CC2c1ccc2c(c1)OCCO2. The summed E-state index contributed by atoms with van der Waals surface area (Å²) >= 11 is 7.38. The zero-order valence-electron chi connectivity index (χ0n) is 17.3. The van der Waals surface area contributed by atoms with Crippen LogP contribution in [-0.4, -0.2) is 28.7 Å². The number of benzene rings is 2. The van der Waals surface area contributed by atoms with Gasteiger partial charge in [-0.1, -0.05) is 41.6 Å². The molecule has 0 aliphatic carbocycles. The lowest BCUT2D eigenvalue weighted by Crippen LogP contribution is -2.33. The fourth-order valence-corrected chi connectivity index (χ4v) is 5.00. The Balaban J connectivity index is 1.50. The highest BCUT2D eigenvalue weighted by molar-refractivity contribution is 7.98. The summed E-state index contributed by atoms with van der Waals surface area (Å²) < 4.78 is 13.1. The zero-order valence-corrected chi connectivity index (χ0v) is 18.8. The summed E-state index contributed by atoms with van der Waals surface area (Å²) in [6, 6.07) is 13.1. The monoisotopic (exact) mass is 469 g/mol. The summed E-state index contributed by atoms with van der Waals surface area (Å²) in [5.41, 5.74) is 2.03.